The highest BCUT2D eigenvalue weighted by atomic mass is 16.5. The Hall–Kier alpha value is -0.940. The molecule has 0 fully saturated rings. The smallest absolute Gasteiger partial charge is 0.320 e. The van der Waals surface area contributed by atoms with E-state index < -0.39 is 12.0 Å². The number of unbranched alkanes of at least 4 members (excludes halogenated alkanes) is 2. The van der Waals surface area contributed by atoms with Crippen molar-refractivity contribution < 1.29 is 14.6 Å². The third kappa shape index (κ3) is 9.37. The monoisotopic (exact) mass is 216 g/mol. The third-order valence-electron chi connectivity index (χ3n) is 1.94. The van der Waals surface area contributed by atoms with Crippen molar-refractivity contribution in [1.82, 2.24) is 0 Å². The van der Waals surface area contributed by atoms with Crippen LogP contribution >= 0.6 is 0 Å². The minimum atomic E-state index is -0.939. The molecule has 0 aromatic heterocycles. The van der Waals surface area contributed by atoms with Gasteiger partial charge in [-0.1, -0.05) is 12.8 Å². The van der Waals surface area contributed by atoms with E-state index in [0.717, 1.165) is 19.3 Å². The van der Waals surface area contributed by atoms with E-state index in [1.807, 2.05) is 0 Å². The fourth-order valence-corrected chi connectivity index (χ4v) is 1.09. The second-order valence-corrected chi connectivity index (χ2v) is 3.63. The summed E-state index contributed by atoms with van der Waals surface area (Å²) in [7, 11) is 0. The van der Waals surface area contributed by atoms with Gasteiger partial charge in [-0.05, 0) is 19.8 Å². The molecule has 0 aromatic rings. The van der Waals surface area contributed by atoms with Crippen molar-refractivity contribution in [3.05, 3.63) is 0 Å². The fraction of sp³-hybridized carbons (Fsp3) is 0.800. The maximum absolute atomic E-state index is 10.4. The molecule has 0 saturated heterocycles. The molecule has 4 N–H and O–H groups in total. The van der Waals surface area contributed by atoms with E-state index in [-0.39, 0.29) is 0 Å². The van der Waals surface area contributed by atoms with Gasteiger partial charge in [0.25, 0.3) is 0 Å². The van der Waals surface area contributed by atoms with Gasteiger partial charge in [0, 0.05) is 12.3 Å². The van der Waals surface area contributed by atoms with Crippen LogP contribution in [0.5, 0.6) is 0 Å². The largest absolute Gasteiger partial charge is 0.480 e. The number of rotatable bonds is 9. The van der Waals surface area contributed by atoms with Crippen LogP contribution in [0.1, 0.15) is 32.6 Å². The normalized spacial score (nSPS) is 12.4. The van der Waals surface area contributed by atoms with Crippen LogP contribution in [0.25, 0.3) is 0 Å². The zero-order valence-electron chi connectivity index (χ0n) is 9.16. The standard InChI is InChI=1S/C10H20N2O3/c1-8(11)7-15-6-4-2-3-5-9(12)10(13)14/h9,11H,2-7,12H2,1H3,(H,13,14). The molecule has 5 nitrogen and oxygen atoms in total. The number of aliphatic carboxylic acids is 1. The Morgan fingerprint density at radius 3 is 2.67 bits per heavy atom. The molecule has 15 heavy (non-hydrogen) atoms. The van der Waals surface area contributed by atoms with Gasteiger partial charge in [0.1, 0.15) is 6.04 Å². The van der Waals surface area contributed by atoms with E-state index in [0.29, 0.717) is 25.3 Å². The summed E-state index contributed by atoms with van der Waals surface area (Å²) in [5, 5.41) is 15.6. The second kappa shape index (κ2) is 8.38. The quantitative estimate of drug-likeness (QED) is 0.396. The van der Waals surface area contributed by atoms with Gasteiger partial charge < -0.3 is 21.0 Å². The van der Waals surface area contributed by atoms with E-state index in [1.165, 1.54) is 0 Å². The Morgan fingerprint density at radius 2 is 2.13 bits per heavy atom. The first kappa shape index (κ1) is 14.1. The number of nitrogens with two attached hydrogens (primary N) is 1. The molecular weight excluding hydrogens is 196 g/mol. The summed E-state index contributed by atoms with van der Waals surface area (Å²) in [6.45, 7) is 2.71. The second-order valence-electron chi connectivity index (χ2n) is 3.63. The lowest BCUT2D eigenvalue weighted by Gasteiger charge is -2.06. The van der Waals surface area contributed by atoms with E-state index in [1.54, 1.807) is 6.92 Å². The lowest BCUT2D eigenvalue weighted by molar-refractivity contribution is -0.138. The van der Waals surface area contributed by atoms with Crippen molar-refractivity contribution in [3.63, 3.8) is 0 Å². The number of hydrogen-bond donors (Lipinski definition) is 3. The van der Waals surface area contributed by atoms with Crippen LogP contribution in [0, 0.1) is 5.41 Å². The number of carbonyl (C=O) groups is 1. The van der Waals surface area contributed by atoms with Gasteiger partial charge in [-0.3, -0.25) is 4.79 Å². The van der Waals surface area contributed by atoms with Crippen LogP contribution in [0.3, 0.4) is 0 Å². The van der Waals surface area contributed by atoms with Gasteiger partial charge in [0.2, 0.25) is 0 Å². The number of hydrogen-bond acceptors (Lipinski definition) is 4. The first-order valence-corrected chi connectivity index (χ1v) is 5.14. The molecule has 0 heterocycles. The Balaban J connectivity index is 3.18. The lowest BCUT2D eigenvalue weighted by atomic mass is 10.1. The number of carboxylic acid groups (broad SMARTS) is 1. The van der Waals surface area contributed by atoms with Gasteiger partial charge in [-0.2, -0.15) is 0 Å². The SMILES string of the molecule is CC(=N)COCCCCCC(N)C(=O)O. The highest BCUT2D eigenvalue weighted by Gasteiger charge is 2.09. The summed E-state index contributed by atoms with van der Waals surface area (Å²) < 4.78 is 5.18. The van der Waals surface area contributed by atoms with Gasteiger partial charge in [0.15, 0.2) is 0 Å². The molecule has 0 aliphatic carbocycles. The fourth-order valence-electron chi connectivity index (χ4n) is 1.09. The van der Waals surface area contributed by atoms with Gasteiger partial charge in [-0.25, -0.2) is 0 Å². The summed E-state index contributed by atoms with van der Waals surface area (Å²) in [4.78, 5) is 10.4. The van der Waals surface area contributed by atoms with Crippen LogP contribution in [0.15, 0.2) is 0 Å². The molecule has 0 bridgehead atoms. The molecule has 1 unspecified atom stereocenters. The Bertz CT molecular complexity index is 207. The van der Waals surface area contributed by atoms with E-state index >= 15 is 0 Å². The summed E-state index contributed by atoms with van der Waals surface area (Å²) >= 11 is 0. The van der Waals surface area contributed by atoms with Crippen LogP contribution in [-0.2, 0) is 9.53 Å². The predicted molar refractivity (Wildman–Crippen MR) is 58.3 cm³/mol. The summed E-state index contributed by atoms with van der Waals surface area (Å²) in [5.74, 6) is -0.939. The first-order chi connectivity index (χ1) is 7.04. The third-order valence-corrected chi connectivity index (χ3v) is 1.94. The topological polar surface area (TPSA) is 96.4 Å². The molecule has 0 aromatic carbocycles. The van der Waals surface area contributed by atoms with E-state index in [9.17, 15) is 4.79 Å². The number of carboxylic acids is 1. The Morgan fingerprint density at radius 1 is 1.47 bits per heavy atom. The maximum atomic E-state index is 10.4. The summed E-state index contributed by atoms with van der Waals surface area (Å²) in [6, 6.07) is -0.741. The highest BCUT2D eigenvalue weighted by molar-refractivity contribution is 5.79. The lowest BCUT2D eigenvalue weighted by Crippen LogP contribution is -2.29. The van der Waals surface area contributed by atoms with Gasteiger partial charge in [-0.15, -0.1) is 0 Å². The average molecular weight is 216 g/mol. The zero-order chi connectivity index (χ0) is 11.7. The van der Waals surface area contributed by atoms with Crippen molar-refractivity contribution in [2.45, 2.75) is 38.6 Å². The molecule has 1 atom stereocenters. The summed E-state index contributed by atoms with van der Waals surface area (Å²) in [6.07, 6.45) is 3.12. The van der Waals surface area contributed by atoms with Gasteiger partial charge >= 0.3 is 5.97 Å². The maximum Gasteiger partial charge on any atom is 0.320 e. The molecule has 5 heteroatoms. The minimum absolute atomic E-state index is 0.384. The van der Waals surface area contributed by atoms with Crippen molar-refractivity contribution in [1.29, 1.82) is 5.41 Å². The van der Waals surface area contributed by atoms with E-state index in [4.69, 9.17) is 21.0 Å². The van der Waals surface area contributed by atoms with Crippen LogP contribution < -0.4 is 5.73 Å². The molecule has 0 spiro atoms. The molecule has 0 rings (SSSR count). The minimum Gasteiger partial charge on any atom is -0.480 e. The van der Waals surface area contributed by atoms with Crippen molar-refractivity contribution in [2.75, 3.05) is 13.2 Å². The van der Waals surface area contributed by atoms with Crippen molar-refractivity contribution >= 4 is 11.7 Å². The Labute approximate surface area is 90.1 Å². The zero-order valence-corrected chi connectivity index (χ0v) is 9.16. The van der Waals surface area contributed by atoms with Gasteiger partial charge in [0.05, 0.1) is 6.61 Å². The molecule has 0 aliphatic heterocycles. The molecule has 88 valence electrons. The first-order valence-electron chi connectivity index (χ1n) is 5.14. The molecule has 0 radical (unpaired) electrons. The number of nitrogens with one attached hydrogen (secondary N) is 1. The molecular formula is C10H20N2O3. The molecule has 0 saturated carbocycles. The van der Waals surface area contributed by atoms with Crippen LogP contribution in [-0.4, -0.2) is 36.0 Å². The van der Waals surface area contributed by atoms with Crippen LogP contribution in [0.2, 0.25) is 0 Å². The molecule has 0 aliphatic rings. The van der Waals surface area contributed by atoms with Crippen molar-refractivity contribution in [3.8, 4) is 0 Å². The Kier molecular flexibility index (Phi) is 7.85. The molecule has 0 amide bonds. The van der Waals surface area contributed by atoms with Crippen LogP contribution in [0.4, 0.5) is 0 Å². The summed E-state index contributed by atoms with van der Waals surface area (Å²) in [5.41, 5.74) is 5.85. The van der Waals surface area contributed by atoms with Crippen molar-refractivity contribution in [2.24, 2.45) is 5.73 Å². The van der Waals surface area contributed by atoms with E-state index in [2.05, 4.69) is 0 Å². The number of ether oxygens (including phenoxy) is 1. The highest BCUT2D eigenvalue weighted by Crippen LogP contribution is 2.02. The average Bonchev–Trinajstić information content (AvgIpc) is 2.15. The predicted octanol–water partition coefficient (Wildman–Crippen LogP) is 1.01.